The van der Waals surface area contributed by atoms with Crippen LogP contribution in [0.1, 0.15) is 129 Å². The lowest BCUT2D eigenvalue weighted by molar-refractivity contribution is 0.0507. The molecule has 0 aromatic rings. The van der Waals surface area contributed by atoms with Crippen LogP contribution in [0, 0.1) is 5.92 Å². The fraction of sp³-hybridized carbons (Fsp3) is 1.00. The van der Waals surface area contributed by atoms with E-state index < -0.39 is 0 Å². The fourth-order valence-corrected chi connectivity index (χ4v) is 4.29. The van der Waals surface area contributed by atoms with Crippen molar-refractivity contribution in [3.63, 3.8) is 0 Å². The molecule has 0 amide bonds. The highest BCUT2D eigenvalue weighted by Crippen LogP contribution is 2.28. The van der Waals surface area contributed by atoms with Crippen molar-refractivity contribution in [1.29, 1.82) is 0 Å². The Bertz CT molecular complexity index is 284. The molecule has 0 aromatic carbocycles. The van der Waals surface area contributed by atoms with Crippen LogP contribution in [0.3, 0.4) is 0 Å². The lowest BCUT2D eigenvalue weighted by Crippen LogP contribution is -2.07. The lowest BCUT2D eigenvalue weighted by atomic mass is 9.85. The molecular formula is C25H50O2. The van der Waals surface area contributed by atoms with Gasteiger partial charge in [-0.25, -0.2) is 0 Å². The molecule has 162 valence electrons. The Morgan fingerprint density at radius 2 is 1.11 bits per heavy atom. The number of hydrogen-bond donors (Lipinski definition) is 0. The van der Waals surface area contributed by atoms with Crippen LogP contribution >= 0.6 is 0 Å². The zero-order valence-corrected chi connectivity index (χ0v) is 18.8. The van der Waals surface area contributed by atoms with Gasteiger partial charge in [0.05, 0.1) is 6.10 Å². The summed E-state index contributed by atoms with van der Waals surface area (Å²) in [4.78, 5) is 0. The van der Waals surface area contributed by atoms with Gasteiger partial charge in [-0.3, -0.25) is 0 Å². The first-order chi connectivity index (χ1) is 13.3. The molecule has 0 unspecified atom stereocenters. The minimum absolute atomic E-state index is 0.344. The van der Waals surface area contributed by atoms with Gasteiger partial charge in [-0.2, -0.15) is 0 Å². The van der Waals surface area contributed by atoms with Crippen molar-refractivity contribution in [3.8, 4) is 0 Å². The Hall–Kier alpha value is -0.0800. The molecule has 2 heteroatoms. The van der Waals surface area contributed by atoms with E-state index in [0.29, 0.717) is 6.10 Å². The van der Waals surface area contributed by atoms with Gasteiger partial charge >= 0.3 is 0 Å². The van der Waals surface area contributed by atoms with Crippen LogP contribution in [0.5, 0.6) is 0 Å². The third-order valence-electron chi connectivity index (χ3n) is 6.01. The van der Waals surface area contributed by atoms with Gasteiger partial charge in [0.15, 0.2) is 0 Å². The molecular weight excluding hydrogens is 332 g/mol. The van der Waals surface area contributed by atoms with E-state index in [4.69, 9.17) is 9.47 Å². The summed E-state index contributed by atoms with van der Waals surface area (Å²) in [5.74, 6) is 1.09. The van der Waals surface area contributed by atoms with Crippen LogP contribution in [0.15, 0.2) is 0 Å². The Morgan fingerprint density at radius 3 is 1.70 bits per heavy atom. The summed E-state index contributed by atoms with van der Waals surface area (Å²) in [6.45, 7) is 6.79. The lowest BCUT2D eigenvalue weighted by Gasteiger charge is -2.21. The van der Waals surface area contributed by atoms with Gasteiger partial charge in [-0.15, -0.1) is 0 Å². The van der Waals surface area contributed by atoms with Crippen molar-refractivity contribution in [3.05, 3.63) is 0 Å². The maximum absolute atomic E-state index is 5.67. The predicted molar refractivity (Wildman–Crippen MR) is 119 cm³/mol. The average Bonchev–Trinajstić information content (AvgIpc) is 2.67. The fourth-order valence-electron chi connectivity index (χ4n) is 4.29. The van der Waals surface area contributed by atoms with Crippen LogP contribution in [0.4, 0.5) is 0 Å². The van der Waals surface area contributed by atoms with E-state index in [9.17, 15) is 0 Å². The van der Waals surface area contributed by atoms with Crippen LogP contribution < -0.4 is 0 Å². The van der Waals surface area contributed by atoms with Crippen molar-refractivity contribution in [2.75, 3.05) is 19.8 Å². The van der Waals surface area contributed by atoms with Crippen LogP contribution in [0.2, 0.25) is 0 Å². The van der Waals surface area contributed by atoms with E-state index in [1.54, 1.807) is 0 Å². The molecule has 0 radical (unpaired) electrons. The molecule has 1 aliphatic carbocycles. The van der Waals surface area contributed by atoms with E-state index in [-0.39, 0.29) is 0 Å². The largest absolute Gasteiger partial charge is 0.381 e. The van der Waals surface area contributed by atoms with Crippen molar-refractivity contribution in [1.82, 2.24) is 0 Å². The summed E-state index contributed by atoms with van der Waals surface area (Å²) in [6, 6.07) is 0. The van der Waals surface area contributed by atoms with E-state index in [2.05, 4.69) is 13.8 Å². The maximum Gasteiger partial charge on any atom is 0.0518 e. The van der Waals surface area contributed by atoms with E-state index in [0.717, 1.165) is 32.2 Å². The van der Waals surface area contributed by atoms with Gasteiger partial charge in [-0.1, -0.05) is 103 Å². The summed E-state index contributed by atoms with van der Waals surface area (Å²) in [5, 5.41) is 0. The molecule has 0 bridgehead atoms. The summed E-state index contributed by atoms with van der Waals surface area (Å²) in [6.07, 6.45) is 26.1. The first kappa shape index (κ1) is 25.0. The van der Waals surface area contributed by atoms with Gasteiger partial charge < -0.3 is 9.47 Å². The Labute approximate surface area is 171 Å². The average molecular weight is 383 g/mol. The molecule has 1 fully saturated rings. The molecule has 1 aliphatic rings. The summed E-state index contributed by atoms with van der Waals surface area (Å²) in [7, 11) is 0. The molecule has 0 heterocycles. The summed E-state index contributed by atoms with van der Waals surface area (Å²) >= 11 is 0. The second-order valence-electron chi connectivity index (χ2n) is 9.07. The highest BCUT2D eigenvalue weighted by atomic mass is 16.5. The van der Waals surface area contributed by atoms with E-state index in [1.165, 1.54) is 109 Å². The second kappa shape index (κ2) is 19.2. The minimum Gasteiger partial charge on any atom is -0.381 e. The Kier molecular flexibility index (Phi) is 17.8. The van der Waals surface area contributed by atoms with Gasteiger partial charge in [0.25, 0.3) is 0 Å². The molecule has 1 saturated carbocycles. The topological polar surface area (TPSA) is 18.5 Å². The van der Waals surface area contributed by atoms with Crippen molar-refractivity contribution >= 4 is 0 Å². The molecule has 0 aliphatic heterocycles. The number of rotatable bonds is 19. The summed E-state index contributed by atoms with van der Waals surface area (Å²) in [5.41, 5.74) is 0. The molecule has 0 saturated heterocycles. The van der Waals surface area contributed by atoms with Gasteiger partial charge in [0.1, 0.15) is 0 Å². The SMILES string of the molecule is CC(C)OCCCOCCCCCCCCCCCCCC1CCCCC1. The molecule has 1 rings (SSSR count). The number of hydrogen-bond acceptors (Lipinski definition) is 2. The van der Waals surface area contributed by atoms with Crippen LogP contribution in [-0.4, -0.2) is 25.9 Å². The Balaban J connectivity index is 1.65. The third-order valence-corrected chi connectivity index (χ3v) is 6.01. The van der Waals surface area contributed by atoms with E-state index in [1.807, 2.05) is 0 Å². The highest BCUT2D eigenvalue weighted by molar-refractivity contribution is 4.65. The minimum atomic E-state index is 0.344. The zero-order valence-electron chi connectivity index (χ0n) is 18.8. The molecule has 27 heavy (non-hydrogen) atoms. The first-order valence-electron chi connectivity index (χ1n) is 12.5. The van der Waals surface area contributed by atoms with Crippen LogP contribution in [0.25, 0.3) is 0 Å². The van der Waals surface area contributed by atoms with Crippen molar-refractivity contribution in [2.45, 2.75) is 136 Å². The van der Waals surface area contributed by atoms with E-state index >= 15 is 0 Å². The molecule has 2 nitrogen and oxygen atoms in total. The number of ether oxygens (including phenoxy) is 2. The normalized spacial score (nSPS) is 15.7. The molecule has 0 aromatic heterocycles. The monoisotopic (exact) mass is 382 g/mol. The van der Waals surface area contributed by atoms with Crippen LogP contribution in [-0.2, 0) is 9.47 Å². The summed E-state index contributed by atoms with van der Waals surface area (Å²) < 4.78 is 11.2. The van der Waals surface area contributed by atoms with Gasteiger partial charge in [-0.05, 0) is 32.6 Å². The smallest absolute Gasteiger partial charge is 0.0518 e. The zero-order chi connectivity index (χ0) is 19.4. The van der Waals surface area contributed by atoms with Gasteiger partial charge in [0, 0.05) is 19.8 Å². The maximum atomic E-state index is 5.67. The van der Waals surface area contributed by atoms with Gasteiger partial charge in [0.2, 0.25) is 0 Å². The van der Waals surface area contributed by atoms with Crippen molar-refractivity contribution in [2.24, 2.45) is 5.92 Å². The molecule has 0 N–H and O–H groups in total. The molecule has 0 spiro atoms. The predicted octanol–water partition coefficient (Wildman–Crippen LogP) is 8.08. The standard InChI is InChI=1S/C25H50O2/c1-24(2)27-23-17-22-26-21-16-11-9-7-5-3-4-6-8-10-13-18-25-19-14-12-15-20-25/h24-25H,3-23H2,1-2H3. The number of unbranched alkanes of at least 4 members (excludes halogenated alkanes) is 10. The quantitative estimate of drug-likeness (QED) is 0.210. The first-order valence-corrected chi connectivity index (χ1v) is 12.5. The highest BCUT2D eigenvalue weighted by Gasteiger charge is 2.12. The van der Waals surface area contributed by atoms with Crippen molar-refractivity contribution < 1.29 is 9.47 Å². The third kappa shape index (κ3) is 17.7. The molecule has 0 atom stereocenters. The second-order valence-corrected chi connectivity index (χ2v) is 9.07. The Morgan fingerprint density at radius 1 is 0.593 bits per heavy atom.